The minimum absolute atomic E-state index is 0. The van der Waals surface area contributed by atoms with Crippen LogP contribution in [0.4, 0.5) is 0 Å². The highest BCUT2D eigenvalue weighted by atomic mass is 32.2. The number of rotatable bonds is 6. The van der Waals surface area contributed by atoms with Gasteiger partial charge in [0.15, 0.2) is 0 Å². The van der Waals surface area contributed by atoms with Crippen molar-refractivity contribution in [3.63, 3.8) is 0 Å². The normalized spacial score (nSPS) is 10.4. The van der Waals surface area contributed by atoms with Gasteiger partial charge in [0.1, 0.15) is 0 Å². The van der Waals surface area contributed by atoms with Crippen LogP contribution in [0.5, 0.6) is 0 Å². The van der Waals surface area contributed by atoms with Crippen molar-refractivity contribution in [1.29, 1.82) is 0 Å². The van der Waals surface area contributed by atoms with Crippen molar-refractivity contribution >= 4 is 39.1 Å². The van der Waals surface area contributed by atoms with E-state index in [0.717, 1.165) is 0 Å². The van der Waals surface area contributed by atoms with Crippen LogP contribution in [-0.4, -0.2) is 54.4 Å². The zero-order valence-corrected chi connectivity index (χ0v) is 10.5. The molecule has 7 heteroatoms. The summed E-state index contributed by atoms with van der Waals surface area (Å²) in [6.45, 7) is 1.89. The van der Waals surface area contributed by atoms with Gasteiger partial charge in [0.2, 0.25) is 0 Å². The molecule has 0 aliphatic carbocycles. The molecule has 0 aliphatic rings. The summed E-state index contributed by atoms with van der Waals surface area (Å²) < 4.78 is 33.5. The van der Waals surface area contributed by atoms with Crippen LogP contribution in [0.2, 0.25) is 0 Å². The van der Waals surface area contributed by atoms with Gasteiger partial charge in [0, 0.05) is 29.5 Å². The average molecular weight is 235 g/mol. The van der Waals surface area contributed by atoms with Crippen molar-refractivity contribution in [3.05, 3.63) is 0 Å². The molecule has 5 nitrogen and oxygen atoms in total. The van der Waals surface area contributed by atoms with Crippen molar-refractivity contribution in [3.8, 4) is 0 Å². The molecule has 0 aromatic heterocycles. The number of carbonyl (C=O) groups excluding carboxylic acids is 1. The van der Waals surface area contributed by atoms with Gasteiger partial charge in [0.05, 0.1) is 12.4 Å². The molecule has 0 fully saturated rings. The molecular formula is C7H14MgO5S. The van der Waals surface area contributed by atoms with Gasteiger partial charge in [-0.15, -0.1) is 0 Å². The van der Waals surface area contributed by atoms with Crippen molar-refractivity contribution in [2.24, 2.45) is 0 Å². The summed E-state index contributed by atoms with van der Waals surface area (Å²) >= 11 is 0. The molecule has 0 aromatic carbocycles. The lowest BCUT2D eigenvalue weighted by Crippen LogP contribution is -2.07. The molecular weight excluding hydrogens is 220 g/mol. The van der Waals surface area contributed by atoms with E-state index >= 15 is 0 Å². The highest BCUT2D eigenvalue weighted by Crippen LogP contribution is 1.95. The van der Waals surface area contributed by atoms with Crippen LogP contribution < -0.4 is 0 Å². The number of hydrogen-bond donors (Lipinski definition) is 1. The first-order valence-corrected chi connectivity index (χ1v) is 5.67. The Morgan fingerprint density at radius 3 is 2.36 bits per heavy atom. The van der Waals surface area contributed by atoms with Gasteiger partial charge in [-0.2, -0.15) is 8.42 Å². The fraction of sp³-hybridized carbons (Fsp3) is 0.857. The monoisotopic (exact) mass is 234 g/mol. The minimum Gasteiger partial charge on any atom is -0.466 e. The summed E-state index contributed by atoms with van der Waals surface area (Å²) in [7, 11) is -3.87. The molecule has 0 saturated heterocycles. The Balaban J connectivity index is 0. The molecule has 0 spiro atoms. The zero-order valence-electron chi connectivity index (χ0n) is 8.23. The van der Waals surface area contributed by atoms with Crippen molar-refractivity contribution in [2.75, 3.05) is 12.4 Å². The fourth-order valence-corrected chi connectivity index (χ4v) is 1.24. The van der Waals surface area contributed by atoms with Crippen molar-refractivity contribution in [1.82, 2.24) is 0 Å². The topological polar surface area (TPSA) is 80.7 Å². The molecule has 14 heavy (non-hydrogen) atoms. The quantitative estimate of drug-likeness (QED) is 0.308. The van der Waals surface area contributed by atoms with Crippen LogP contribution in [0, 0.1) is 0 Å². The van der Waals surface area contributed by atoms with Crippen LogP contribution in [0.15, 0.2) is 0 Å². The number of carbonyl (C=O) groups is 1. The molecule has 0 saturated carbocycles. The maximum atomic E-state index is 10.6. The van der Waals surface area contributed by atoms with E-state index in [0.29, 0.717) is 19.3 Å². The summed E-state index contributed by atoms with van der Waals surface area (Å²) in [4.78, 5) is 10.6. The summed E-state index contributed by atoms with van der Waals surface area (Å²) in [5, 5.41) is 0. The number of unbranched alkanes of at least 4 members (excludes halogenated alkanes) is 1. The molecule has 0 bridgehead atoms. The van der Waals surface area contributed by atoms with E-state index < -0.39 is 10.1 Å². The number of hydrogen-bond acceptors (Lipinski definition) is 4. The molecule has 1 N–H and O–H groups in total. The number of ether oxygens (including phenoxy) is 1. The first-order valence-electron chi connectivity index (χ1n) is 4.06. The third kappa shape index (κ3) is 12.1. The Kier molecular flexibility index (Phi) is 10.0. The Hall–Kier alpha value is 0.146. The summed E-state index contributed by atoms with van der Waals surface area (Å²) in [5.41, 5.74) is 0. The predicted octanol–water partition coefficient (Wildman–Crippen LogP) is 0.227. The first kappa shape index (κ1) is 16.6. The van der Waals surface area contributed by atoms with E-state index in [4.69, 9.17) is 9.29 Å². The highest BCUT2D eigenvalue weighted by Gasteiger charge is 2.04. The molecule has 2 radical (unpaired) electrons. The minimum atomic E-state index is -3.87. The lowest BCUT2D eigenvalue weighted by molar-refractivity contribution is -0.143. The van der Waals surface area contributed by atoms with Crippen LogP contribution in [-0.2, 0) is 19.6 Å². The third-order valence-corrected chi connectivity index (χ3v) is 2.15. The Morgan fingerprint density at radius 2 is 1.93 bits per heavy atom. The van der Waals surface area contributed by atoms with Crippen LogP contribution in [0.25, 0.3) is 0 Å². The maximum absolute atomic E-state index is 10.6. The fourth-order valence-electron chi connectivity index (χ4n) is 0.675. The van der Waals surface area contributed by atoms with Crippen LogP contribution >= 0.6 is 0 Å². The molecule has 0 aromatic rings. The van der Waals surface area contributed by atoms with Gasteiger partial charge in [0.25, 0.3) is 10.1 Å². The summed E-state index contributed by atoms with van der Waals surface area (Å²) in [6, 6.07) is 0. The summed E-state index contributed by atoms with van der Waals surface area (Å²) in [6.07, 6.45) is 1.07. The van der Waals surface area contributed by atoms with Gasteiger partial charge < -0.3 is 4.74 Å². The van der Waals surface area contributed by atoms with Gasteiger partial charge in [-0.25, -0.2) is 0 Å². The molecule has 0 aliphatic heterocycles. The maximum Gasteiger partial charge on any atom is 0.305 e. The van der Waals surface area contributed by atoms with Crippen molar-refractivity contribution in [2.45, 2.75) is 26.2 Å². The average Bonchev–Trinajstić information content (AvgIpc) is 2.01. The smallest absolute Gasteiger partial charge is 0.305 e. The highest BCUT2D eigenvalue weighted by molar-refractivity contribution is 7.85. The number of esters is 1. The van der Waals surface area contributed by atoms with E-state index in [9.17, 15) is 13.2 Å². The van der Waals surface area contributed by atoms with Gasteiger partial charge in [-0.1, -0.05) is 6.92 Å². The van der Waals surface area contributed by atoms with E-state index in [1.54, 1.807) is 6.92 Å². The standard InChI is InChI=1S/C7H14O5S.Mg/c1-2-7(8)12-5-3-4-6-13(9,10)11;/h2-6H2,1H3,(H,9,10,11);. The van der Waals surface area contributed by atoms with E-state index in [1.807, 2.05) is 0 Å². The van der Waals surface area contributed by atoms with Gasteiger partial charge in [-0.3, -0.25) is 9.35 Å². The van der Waals surface area contributed by atoms with Crippen molar-refractivity contribution < 1.29 is 22.5 Å². The molecule has 0 heterocycles. The Labute approximate surface area is 100 Å². The molecule has 0 unspecified atom stereocenters. The second-order valence-corrected chi connectivity index (χ2v) is 4.14. The first-order chi connectivity index (χ1) is 5.95. The Morgan fingerprint density at radius 1 is 1.36 bits per heavy atom. The molecule has 0 amide bonds. The van der Waals surface area contributed by atoms with Crippen LogP contribution in [0.3, 0.4) is 0 Å². The van der Waals surface area contributed by atoms with Gasteiger partial charge >= 0.3 is 5.97 Å². The lowest BCUT2D eigenvalue weighted by atomic mass is 10.3. The molecule has 0 rings (SSSR count). The van der Waals surface area contributed by atoms with E-state index in [-0.39, 0.29) is 41.4 Å². The zero-order chi connectivity index (χ0) is 10.3. The van der Waals surface area contributed by atoms with Gasteiger partial charge in [-0.05, 0) is 12.8 Å². The van der Waals surface area contributed by atoms with E-state index in [1.165, 1.54) is 0 Å². The second-order valence-electron chi connectivity index (χ2n) is 2.57. The Bertz CT molecular complexity index is 249. The van der Waals surface area contributed by atoms with Crippen LogP contribution in [0.1, 0.15) is 26.2 Å². The third-order valence-electron chi connectivity index (χ3n) is 1.35. The SMILES string of the molecule is CCC(=O)OCCCCS(=O)(=O)O.[Mg]. The molecule has 0 atom stereocenters. The lowest BCUT2D eigenvalue weighted by Gasteiger charge is -2.01. The largest absolute Gasteiger partial charge is 0.466 e. The second kappa shape index (κ2) is 8.45. The summed E-state index contributed by atoms with van der Waals surface area (Å²) in [5.74, 6) is -0.580. The molecule has 80 valence electrons. The van der Waals surface area contributed by atoms with E-state index in [2.05, 4.69) is 0 Å². The predicted molar refractivity (Wildman–Crippen MR) is 52.7 cm³/mol.